The van der Waals surface area contributed by atoms with Crippen molar-refractivity contribution in [3.63, 3.8) is 0 Å². The Kier molecular flexibility index (Phi) is 2.83. The largest absolute Gasteiger partial charge is 0.329 e. The van der Waals surface area contributed by atoms with Gasteiger partial charge in [0.25, 0.3) is 0 Å². The fraction of sp³-hybridized carbons (Fsp3) is 0.857. The maximum Gasteiger partial charge on any atom is 0.246 e. The molecular weight excluding hydrogens is 228 g/mol. The summed E-state index contributed by atoms with van der Waals surface area (Å²) in [6, 6.07) is -0.00953. The predicted molar refractivity (Wildman–Crippen MR) is 67.8 cm³/mol. The maximum atomic E-state index is 12.6. The van der Waals surface area contributed by atoms with E-state index in [-0.39, 0.29) is 23.9 Å². The highest BCUT2D eigenvalue weighted by atomic mass is 16.2. The number of rotatable bonds is 2. The number of hydrogen-bond donors (Lipinski definition) is 0. The number of carbonyl (C=O) groups is 2. The molecule has 2 saturated heterocycles. The lowest BCUT2D eigenvalue weighted by atomic mass is 9.79. The second kappa shape index (κ2) is 4.25. The van der Waals surface area contributed by atoms with Gasteiger partial charge in [-0.3, -0.25) is 9.59 Å². The third kappa shape index (κ3) is 1.57. The molecule has 0 N–H and O–H groups in total. The van der Waals surface area contributed by atoms with E-state index in [1.54, 1.807) is 0 Å². The van der Waals surface area contributed by atoms with Crippen LogP contribution in [0.5, 0.6) is 0 Å². The highest BCUT2D eigenvalue weighted by molar-refractivity contribution is 5.97. The summed E-state index contributed by atoms with van der Waals surface area (Å²) in [4.78, 5) is 28.8. The summed E-state index contributed by atoms with van der Waals surface area (Å²) in [7, 11) is 0. The minimum absolute atomic E-state index is 0.142. The number of carbonyl (C=O) groups excluding carboxylic acids is 2. The number of fused-ring (bicyclic) bond motifs is 1. The molecule has 4 nitrogen and oxygen atoms in total. The normalized spacial score (nSPS) is 39.9. The Hall–Kier alpha value is -1.06. The van der Waals surface area contributed by atoms with E-state index in [1.807, 2.05) is 16.7 Å². The molecule has 0 spiro atoms. The molecule has 0 bridgehead atoms. The molecule has 1 aliphatic carbocycles. The monoisotopic (exact) mass is 250 g/mol. The van der Waals surface area contributed by atoms with Crippen molar-refractivity contribution in [3.05, 3.63) is 0 Å². The van der Waals surface area contributed by atoms with Crippen molar-refractivity contribution in [1.29, 1.82) is 0 Å². The first kappa shape index (κ1) is 12.0. The van der Waals surface area contributed by atoms with Gasteiger partial charge in [0, 0.05) is 12.6 Å². The first-order valence-electron chi connectivity index (χ1n) is 7.26. The van der Waals surface area contributed by atoms with Crippen LogP contribution in [0.25, 0.3) is 0 Å². The van der Waals surface area contributed by atoms with E-state index in [1.165, 1.54) is 0 Å². The van der Waals surface area contributed by atoms with Crippen LogP contribution in [-0.2, 0) is 9.59 Å². The Morgan fingerprint density at radius 3 is 2.56 bits per heavy atom. The smallest absolute Gasteiger partial charge is 0.246 e. The molecule has 2 aliphatic heterocycles. The molecule has 100 valence electrons. The molecular formula is C14H22N2O2. The third-order valence-corrected chi connectivity index (χ3v) is 4.83. The fourth-order valence-electron chi connectivity index (χ4n) is 3.82. The van der Waals surface area contributed by atoms with Gasteiger partial charge >= 0.3 is 0 Å². The van der Waals surface area contributed by atoms with Gasteiger partial charge in [-0.1, -0.05) is 13.8 Å². The second-order valence-corrected chi connectivity index (χ2v) is 6.09. The van der Waals surface area contributed by atoms with Gasteiger partial charge in [-0.05, 0) is 38.0 Å². The molecule has 0 aromatic carbocycles. The molecule has 2 amide bonds. The van der Waals surface area contributed by atoms with Gasteiger partial charge in [0.05, 0.1) is 0 Å². The summed E-state index contributed by atoms with van der Waals surface area (Å²) in [5, 5.41) is 0. The first-order chi connectivity index (χ1) is 8.63. The molecule has 0 aromatic heterocycles. The Bertz CT molecular complexity index is 376. The average Bonchev–Trinajstić information content (AvgIpc) is 2.79. The van der Waals surface area contributed by atoms with Crippen LogP contribution < -0.4 is 0 Å². The first-order valence-corrected chi connectivity index (χ1v) is 7.26. The minimum Gasteiger partial charge on any atom is -0.329 e. The molecule has 3 aliphatic rings. The van der Waals surface area contributed by atoms with E-state index in [4.69, 9.17) is 0 Å². The van der Waals surface area contributed by atoms with E-state index in [0.717, 1.165) is 38.6 Å². The van der Waals surface area contributed by atoms with Crippen molar-refractivity contribution in [2.45, 2.75) is 64.1 Å². The van der Waals surface area contributed by atoms with Gasteiger partial charge < -0.3 is 9.80 Å². The van der Waals surface area contributed by atoms with Crippen LogP contribution in [0.3, 0.4) is 0 Å². The molecule has 2 heterocycles. The van der Waals surface area contributed by atoms with E-state index < -0.39 is 0 Å². The zero-order chi connectivity index (χ0) is 12.9. The Balaban J connectivity index is 1.86. The quantitative estimate of drug-likeness (QED) is 0.743. The summed E-state index contributed by atoms with van der Waals surface area (Å²) in [5.41, 5.74) is 0. The van der Waals surface area contributed by atoms with E-state index in [9.17, 15) is 9.59 Å². The molecule has 3 fully saturated rings. The fourth-order valence-corrected chi connectivity index (χ4v) is 3.82. The summed E-state index contributed by atoms with van der Waals surface area (Å²) >= 11 is 0. The number of amides is 2. The van der Waals surface area contributed by atoms with Crippen molar-refractivity contribution in [2.24, 2.45) is 5.92 Å². The van der Waals surface area contributed by atoms with Crippen molar-refractivity contribution in [1.82, 2.24) is 9.80 Å². The van der Waals surface area contributed by atoms with Crippen LogP contribution in [0.2, 0.25) is 0 Å². The zero-order valence-electron chi connectivity index (χ0n) is 11.3. The minimum atomic E-state index is -0.190. The van der Waals surface area contributed by atoms with Crippen molar-refractivity contribution in [2.75, 3.05) is 6.54 Å². The SMILES string of the molecule is CCC1C(=O)N2CCCC2C(=O)N1C1CC(C)C1. The topological polar surface area (TPSA) is 40.6 Å². The lowest BCUT2D eigenvalue weighted by Crippen LogP contribution is -2.66. The lowest BCUT2D eigenvalue weighted by Gasteiger charge is -2.50. The van der Waals surface area contributed by atoms with Crippen molar-refractivity contribution in [3.8, 4) is 0 Å². The third-order valence-electron chi connectivity index (χ3n) is 4.83. The van der Waals surface area contributed by atoms with Gasteiger partial charge in [0.1, 0.15) is 12.1 Å². The average molecular weight is 250 g/mol. The van der Waals surface area contributed by atoms with Crippen LogP contribution in [0.15, 0.2) is 0 Å². The van der Waals surface area contributed by atoms with Crippen molar-refractivity contribution >= 4 is 11.8 Å². The lowest BCUT2D eigenvalue weighted by molar-refractivity contribution is -0.165. The van der Waals surface area contributed by atoms with Crippen molar-refractivity contribution < 1.29 is 9.59 Å². The van der Waals surface area contributed by atoms with E-state index in [2.05, 4.69) is 6.92 Å². The van der Waals surface area contributed by atoms with Gasteiger partial charge in [0.2, 0.25) is 11.8 Å². The number of hydrogen-bond acceptors (Lipinski definition) is 2. The number of nitrogens with zero attached hydrogens (tertiary/aromatic N) is 2. The van der Waals surface area contributed by atoms with Crippen LogP contribution >= 0.6 is 0 Å². The van der Waals surface area contributed by atoms with Gasteiger partial charge in [-0.25, -0.2) is 0 Å². The summed E-state index contributed by atoms with van der Waals surface area (Å²) < 4.78 is 0. The second-order valence-electron chi connectivity index (χ2n) is 6.09. The molecule has 1 saturated carbocycles. The molecule has 18 heavy (non-hydrogen) atoms. The summed E-state index contributed by atoms with van der Waals surface area (Å²) in [5.74, 6) is 1.12. The van der Waals surface area contributed by atoms with Gasteiger partial charge in [-0.15, -0.1) is 0 Å². The van der Waals surface area contributed by atoms with Gasteiger partial charge in [0.15, 0.2) is 0 Å². The molecule has 0 radical (unpaired) electrons. The van der Waals surface area contributed by atoms with E-state index >= 15 is 0 Å². The van der Waals surface area contributed by atoms with Crippen LogP contribution in [0.4, 0.5) is 0 Å². The standard InChI is InChI=1S/C14H22N2O2/c1-3-11-13(17)15-6-4-5-12(15)14(18)16(11)10-7-9(2)8-10/h9-12H,3-8H2,1-2H3. The van der Waals surface area contributed by atoms with Crippen LogP contribution in [0.1, 0.15) is 46.0 Å². The molecule has 3 rings (SSSR count). The Morgan fingerprint density at radius 2 is 1.94 bits per heavy atom. The predicted octanol–water partition coefficient (Wildman–Crippen LogP) is 1.40. The molecule has 4 heteroatoms. The highest BCUT2D eigenvalue weighted by Crippen LogP contribution is 2.37. The molecule has 2 unspecified atom stereocenters. The van der Waals surface area contributed by atoms with E-state index in [0.29, 0.717) is 12.0 Å². The van der Waals surface area contributed by atoms with Gasteiger partial charge in [-0.2, -0.15) is 0 Å². The Morgan fingerprint density at radius 1 is 1.22 bits per heavy atom. The summed E-state index contributed by atoms with van der Waals surface area (Å²) in [6.07, 6.45) is 4.73. The molecule has 2 atom stereocenters. The van der Waals surface area contributed by atoms with Crippen LogP contribution in [0, 0.1) is 5.92 Å². The maximum absolute atomic E-state index is 12.6. The summed E-state index contributed by atoms with van der Waals surface area (Å²) in [6.45, 7) is 5.01. The number of piperazine rings is 1. The molecule has 0 aromatic rings. The Labute approximate surface area is 108 Å². The highest BCUT2D eigenvalue weighted by Gasteiger charge is 2.50. The zero-order valence-corrected chi connectivity index (χ0v) is 11.3. The van der Waals surface area contributed by atoms with Crippen LogP contribution in [-0.4, -0.2) is 46.3 Å².